The second-order valence-corrected chi connectivity index (χ2v) is 5.22. The molecule has 2 rings (SSSR count). The van der Waals surface area contributed by atoms with Gasteiger partial charge in [-0.3, -0.25) is 0 Å². The summed E-state index contributed by atoms with van der Waals surface area (Å²) < 4.78 is 0. The van der Waals surface area contributed by atoms with Crippen LogP contribution in [0.5, 0.6) is 0 Å². The van der Waals surface area contributed by atoms with Crippen LogP contribution in [0.4, 0.5) is 0 Å². The summed E-state index contributed by atoms with van der Waals surface area (Å²) in [4.78, 5) is 0. The maximum atomic E-state index is 4.00. The summed E-state index contributed by atoms with van der Waals surface area (Å²) in [6, 6.07) is 0. The van der Waals surface area contributed by atoms with Gasteiger partial charge < -0.3 is 0 Å². The van der Waals surface area contributed by atoms with Gasteiger partial charge in [0.1, 0.15) is 0 Å². The lowest BCUT2D eigenvalue weighted by Crippen LogP contribution is -2.17. The van der Waals surface area contributed by atoms with Crippen molar-refractivity contribution in [1.82, 2.24) is 0 Å². The lowest BCUT2D eigenvalue weighted by Gasteiger charge is -2.22. The van der Waals surface area contributed by atoms with Gasteiger partial charge in [0.05, 0.1) is 0 Å². The van der Waals surface area contributed by atoms with Crippen molar-refractivity contribution in [1.29, 1.82) is 0 Å². The van der Waals surface area contributed by atoms with Gasteiger partial charge in [0.2, 0.25) is 0 Å². The molecule has 16 heavy (non-hydrogen) atoms. The molecule has 4 atom stereocenters. The van der Waals surface area contributed by atoms with Gasteiger partial charge in [-0.25, -0.2) is 0 Å². The summed E-state index contributed by atoms with van der Waals surface area (Å²) in [6.45, 7) is 16.0. The van der Waals surface area contributed by atoms with E-state index in [-0.39, 0.29) is 0 Å². The first-order valence-electron chi connectivity index (χ1n) is 6.27. The van der Waals surface area contributed by atoms with Crippen LogP contribution < -0.4 is 0 Å². The molecule has 2 aliphatic rings. The fourth-order valence-corrected chi connectivity index (χ4v) is 4.05. The molecule has 0 aliphatic heterocycles. The Kier molecular flexibility index (Phi) is 3.18. The predicted octanol–water partition coefficient (Wildman–Crippen LogP) is 4.24. The lowest BCUT2D eigenvalue weighted by atomic mass is 9.82. The van der Waals surface area contributed by atoms with Gasteiger partial charge >= 0.3 is 0 Å². The van der Waals surface area contributed by atoms with Crippen molar-refractivity contribution in [2.75, 3.05) is 0 Å². The first-order valence-corrected chi connectivity index (χ1v) is 6.27. The van der Waals surface area contributed by atoms with E-state index in [9.17, 15) is 0 Å². The van der Waals surface area contributed by atoms with Crippen LogP contribution in [0.2, 0.25) is 0 Å². The smallest absolute Gasteiger partial charge is 0.0193 e. The third kappa shape index (κ3) is 1.52. The Morgan fingerprint density at radius 1 is 0.562 bits per heavy atom. The van der Waals surface area contributed by atoms with E-state index in [4.69, 9.17) is 0 Å². The van der Waals surface area contributed by atoms with Crippen LogP contribution in [0.15, 0.2) is 50.6 Å². The maximum absolute atomic E-state index is 4.00. The summed E-state index contributed by atoms with van der Waals surface area (Å²) >= 11 is 0. The minimum Gasteiger partial charge on any atom is -0.103 e. The Bertz CT molecular complexity index is 252. The van der Waals surface area contributed by atoms with E-state index in [1.165, 1.54) is 12.8 Å². The summed E-state index contributed by atoms with van der Waals surface area (Å²) in [5.41, 5.74) is 0. The third-order valence-corrected chi connectivity index (χ3v) is 4.72. The molecule has 0 aromatic rings. The molecular formula is C16H22. The molecule has 2 saturated carbocycles. The second-order valence-electron chi connectivity index (χ2n) is 5.22. The summed E-state index contributed by atoms with van der Waals surface area (Å²) in [7, 11) is 0. The van der Waals surface area contributed by atoms with Crippen LogP contribution in [-0.2, 0) is 0 Å². The number of allylic oxidation sites excluding steroid dienone is 4. The Labute approximate surface area is 99.4 Å². The van der Waals surface area contributed by atoms with E-state index in [0.717, 1.165) is 11.8 Å². The SMILES string of the molecule is C=CC1CC(C=C)C2C(C=C)CC(C=C)C12. The Balaban J connectivity index is 2.32. The van der Waals surface area contributed by atoms with Gasteiger partial charge in [0.25, 0.3) is 0 Å². The van der Waals surface area contributed by atoms with E-state index in [1.54, 1.807) is 0 Å². The highest BCUT2D eigenvalue weighted by Crippen LogP contribution is 2.57. The van der Waals surface area contributed by atoms with Gasteiger partial charge in [0, 0.05) is 0 Å². The molecule has 2 fully saturated rings. The van der Waals surface area contributed by atoms with Crippen molar-refractivity contribution in [2.45, 2.75) is 12.8 Å². The minimum atomic E-state index is 0.640. The van der Waals surface area contributed by atoms with E-state index < -0.39 is 0 Å². The predicted molar refractivity (Wildman–Crippen MR) is 71.0 cm³/mol. The van der Waals surface area contributed by atoms with Gasteiger partial charge in [0.15, 0.2) is 0 Å². The standard InChI is InChI=1S/C16H22/c1-5-11-9-12(6-2)16-14(8-4)10-13(7-3)15(11)16/h5-8,11-16H,1-4,9-10H2. The van der Waals surface area contributed by atoms with E-state index in [1.807, 2.05) is 0 Å². The Morgan fingerprint density at radius 3 is 1.00 bits per heavy atom. The molecule has 0 saturated heterocycles. The molecule has 0 amide bonds. The maximum Gasteiger partial charge on any atom is -0.0193 e. The summed E-state index contributed by atoms with van der Waals surface area (Å²) in [5.74, 6) is 4.01. The summed E-state index contributed by atoms with van der Waals surface area (Å²) in [6.07, 6.45) is 11.0. The molecule has 0 heteroatoms. The van der Waals surface area contributed by atoms with Crippen LogP contribution >= 0.6 is 0 Å². The minimum absolute atomic E-state index is 0.640. The number of hydrogen-bond donors (Lipinski definition) is 0. The fraction of sp³-hybridized carbons (Fsp3) is 0.500. The molecule has 0 radical (unpaired) electrons. The average molecular weight is 214 g/mol. The molecular weight excluding hydrogens is 192 g/mol. The molecule has 0 bridgehead atoms. The highest BCUT2D eigenvalue weighted by atomic mass is 14.5. The topological polar surface area (TPSA) is 0 Å². The van der Waals surface area contributed by atoms with Crippen LogP contribution in [-0.4, -0.2) is 0 Å². The molecule has 0 aromatic carbocycles. The number of fused-ring (bicyclic) bond motifs is 1. The van der Waals surface area contributed by atoms with Crippen LogP contribution in [0.1, 0.15) is 12.8 Å². The highest BCUT2D eigenvalue weighted by Gasteiger charge is 2.51. The number of hydrogen-bond acceptors (Lipinski definition) is 0. The van der Waals surface area contributed by atoms with Gasteiger partial charge in [-0.1, -0.05) is 24.3 Å². The van der Waals surface area contributed by atoms with Crippen LogP contribution in [0.3, 0.4) is 0 Å². The van der Waals surface area contributed by atoms with Crippen molar-refractivity contribution in [2.24, 2.45) is 35.5 Å². The lowest BCUT2D eigenvalue weighted by molar-refractivity contribution is 0.316. The van der Waals surface area contributed by atoms with Crippen molar-refractivity contribution >= 4 is 0 Å². The van der Waals surface area contributed by atoms with Crippen molar-refractivity contribution in [3.8, 4) is 0 Å². The molecule has 2 aliphatic carbocycles. The van der Waals surface area contributed by atoms with E-state index in [0.29, 0.717) is 23.7 Å². The zero-order chi connectivity index (χ0) is 11.7. The normalized spacial score (nSPS) is 46.0. The first-order chi connectivity index (χ1) is 7.76. The zero-order valence-electron chi connectivity index (χ0n) is 10.0. The third-order valence-electron chi connectivity index (χ3n) is 4.72. The molecule has 4 unspecified atom stereocenters. The molecule has 0 heterocycles. The quantitative estimate of drug-likeness (QED) is 0.614. The Hall–Kier alpha value is -1.04. The fourth-order valence-electron chi connectivity index (χ4n) is 4.05. The van der Waals surface area contributed by atoms with Gasteiger partial charge in [-0.05, 0) is 48.3 Å². The monoisotopic (exact) mass is 214 g/mol. The molecule has 0 N–H and O–H groups in total. The van der Waals surface area contributed by atoms with E-state index >= 15 is 0 Å². The Morgan fingerprint density at radius 2 is 0.812 bits per heavy atom. The van der Waals surface area contributed by atoms with Crippen LogP contribution in [0, 0.1) is 35.5 Å². The van der Waals surface area contributed by atoms with Crippen LogP contribution in [0.25, 0.3) is 0 Å². The molecule has 0 nitrogen and oxygen atoms in total. The van der Waals surface area contributed by atoms with Gasteiger partial charge in [-0.15, -0.1) is 26.3 Å². The first kappa shape index (κ1) is 11.4. The second kappa shape index (κ2) is 4.45. The average Bonchev–Trinajstić information content (AvgIpc) is 2.85. The molecule has 0 spiro atoms. The highest BCUT2D eigenvalue weighted by molar-refractivity contribution is 5.14. The van der Waals surface area contributed by atoms with Crippen molar-refractivity contribution in [3.63, 3.8) is 0 Å². The van der Waals surface area contributed by atoms with Gasteiger partial charge in [-0.2, -0.15) is 0 Å². The zero-order valence-corrected chi connectivity index (χ0v) is 10.0. The van der Waals surface area contributed by atoms with Crippen molar-refractivity contribution in [3.05, 3.63) is 50.6 Å². The number of rotatable bonds is 4. The van der Waals surface area contributed by atoms with E-state index in [2.05, 4.69) is 50.6 Å². The molecule has 86 valence electrons. The largest absolute Gasteiger partial charge is 0.103 e. The summed E-state index contributed by atoms with van der Waals surface area (Å²) in [5, 5.41) is 0. The molecule has 0 aromatic heterocycles. The van der Waals surface area contributed by atoms with Crippen molar-refractivity contribution < 1.29 is 0 Å².